The van der Waals surface area contributed by atoms with Gasteiger partial charge in [-0.1, -0.05) is 0 Å². The van der Waals surface area contributed by atoms with Gasteiger partial charge < -0.3 is 9.84 Å². The highest BCUT2D eigenvalue weighted by molar-refractivity contribution is 5.89. The van der Waals surface area contributed by atoms with Gasteiger partial charge in [-0.3, -0.25) is 9.36 Å². The molecule has 0 aliphatic rings. The second kappa shape index (κ2) is 6.14. The Bertz CT molecular complexity index is 814. The van der Waals surface area contributed by atoms with Gasteiger partial charge >= 0.3 is 5.97 Å². The number of rotatable bonds is 3. The molecule has 1 heterocycles. The molecule has 22 heavy (non-hydrogen) atoms. The quantitative estimate of drug-likeness (QED) is 0.698. The lowest BCUT2D eigenvalue weighted by Gasteiger charge is -2.11. The highest BCUT2D eigenvalue weighted by atomic mass is 16.5. The van der Waals surface area contributed by atoms with E-state index in [0.717, 1.165) is 4.57 Å². The number of aryl methyl sites for hydroxylation is 1. The van der Waals surface area contributed by atoms with Crippen LogP contribution in [0.5, 0.6) is 5.88 Å². The van der Waals surface area contributed by atoms with Crippen molar-refractivity contribution in [3.63, 3.8) is 0 Å². The average Bonchev–Trinajstić information content (AvgIpc) is 2.48. The molecule has 112 valence electrons. The Morgan fingerprint density at radius 2 is 2.00 bits per heavy atom. The minimum absolute atomic E-state index is 0.0223. The Morgan fingerprint density at radius 3 is 2.55 bits per heavy atom. The summed E-state index contributed by atoms with van der Waals surface area (Å²) < 4.78 is 5.90. The maximum absolute atomic E-state index is 12.1. The van der Waals surface area contributed by atoms with E-state index in [2.05, 4.69) is 4.85 Å². The molecule has 0 fully saturated rings. The molecule has 0 saturated carbocycles. The summed E-state index contributed by atoms with van der Waals surface area (Å²) in [6.45, 7) is 10.6. The fourth-order valence-corrected chi connectivity index (χ4v) is 2.05. The first kappa shape index (κ1) is 15.3. The van der Waals surface area contributed by atoms with Crippen LogP contribution in [0.2, 0.25) is 0 Å². The SMILES string of the molecule is [C-]#[N+]c1c(C)cc(=O)n(-c2ccc(C(=O)OCC)cc2)c1O. The van der Waals surface area contributed by atoms with Crippen molar-refractivity contribution in [3.8, 4) is 11.6 Å². The zero-order valence-corrected chi connectivity index (χ0v) is 12.2. The second-order valence-electron chi connectivity index (χ2n) is 4.55. The molecule has 1 aromatic heterocycles. The highest BCUT2D eigenvalue weighted by Crippen LogP contribution is 2.30. The van der Waals surface area contributed by atoms with Gasteiger partial charge in [0.15, 0.2) is 0 Å². The number of ether oxygens (including phenoxy) is 1. The van der Waals surface area contributed by atoms with Crippen LogP contribution in [0.1, 0.15) is 22.8 Å². The van der Waals surface area contributed by atoms with Gasteiger partial charge in [-0.15, -0.1) is 0 Å². The van der Waals surface area contributed by atoms with E-state index in [1.807, 2.05) is 0 Å². The fourth-order valence-electron chi connectivity index (χ4n) is 2.05. The van der Waals surface area contributed by atoms with E-state index in [0.29, 0.717) is 16.8 Å². The lowest BCUT2D eigenvalue weighted by atomic mass is 10.2. The van der Waals surface area contributed by atoms with E-state index in [9.17, 15) is 14.7 Å². The molecule has 0 radical (unpaired) electrons. The highest BCUT2D eigenvalue weighted by Gasteiger charge is 2.14. The number of nitrogens with zero attached hydrogens (tertiary/aromatic N) is 2. The lowest BCUT2D eigenvalue weighted by Crippen LogP contribution is -2.17. The molecule has 1 N–H and O–H groups in total. The molecule has 0 unspecified atom stereocenters. The molecule has 0 saturated heterocycles. The Balaban J connectivity index is 2.52. The normalized spacial score (nSPS) is 10.0. The van der Waals surface area contributed by atoms with E-state index >= 15 is 0 Å². The molecule has 6 nitrogen and oxygen atoms in total. The Kier molecular flexibility index (Phi) is 4.28. The smallest absolute Gasteiger partial charge is 0.338 e. The number of esters is 1. The predicted molar refractivity (Wildman–Crippen MR) is 80.7 cm³/mol. The number of pyridine rings is 1. The number of aromatic hydroxyl groups is 1. The van der Waals surface area contributed by atoms with Crippen LogP contribution in [0.3, 0.4) is 0 Å². The van der Waals surface area contributed by atoms with Gasteiger partial charge in [0.1, 0.15) is 0 Å². The molecular formula is C16H14N2O4. The summed E-state index contributed by atoms with van der Waals surface area (Å²) in [5.41, 5.74) is 0.688. The molecule has 0 atom stereocenters. The Labute approximate surface area is 127 Å². The van der Waals surface area contributed by atoms with Crippen molar-refractivity contribution in [2.24, 2.45) is 0 Å². The van der Waals surface area contributed by atoms with E-state index in [-0.39, 0.29) is 12.3 Å². The van der Waals surface area contributed by atoms with Crippen molar-refractivity contribution >= 4 is 11.7 Å². The Morgan fingerprint density at radius 1 is 1.36 bits per heavy atom. The van der Waals surface area contributed by atoms with Crippen LogP contribution >= 0.6 is 0 Å². The van der Waals surface area contributed by atoms with E-state index in [1.54, 1.807) is 13.8 Å². The zero-order chi connectivity index (χ0) is 16.3. The van der Waals surface area contributed by atoms with Gasteiger partial charge in [0.05, 0.1) is 24.4 Å². The second-order valence-corrected chi connectivity index (χ2v) is 4.55. The summed E-state index contributed by atoms with van der Waals surface area (Å²) in [5, 5.41) is 10.1. The molecule has 2 rings (SSSR count). The standard InChI is InChI=1S/C16H14N2O4/c1-4-22-16(21)11-5-7-12(8-6-11)18-13(19)9-10(2)14(17-3)15(18)20/h5-9,20H,4H2,1-2H3. The predicted octanol–water partition coefficient (Wildman–Crippen LogP) is 2.58. The van der Waals surface area contributed by atoms with Crippen LogP contribution in [0.15, 0.2) is 35.1 Å². The maximum Gasteiger partial charge on any atom is 0.338 e. The number of carbonyl (C=O) groups is 1. The summed E-state index contributed by atoms with van der Waals surface area (Å²) in [6.07, 6.45) is 0. The lowest BCUT2D eigenvalue weighted by molar-refractivity contribution is 0.0526. The van der Waals surface area contributed by atoms with Crippen LogP contribution in [0, 0.1) is 13.5 Å². The number of benzene rings is 1. The molecule has 0 spiro atoms. The van der Waals surface area contributed by atoms with Crippen LogP contribution < -0.4 is 5.56 Å². The Hall–Kier alpha value is -3.07. The molecule has 0 amide bonds. The number of aromatic nitrogens is 1. The summed E-state index contributed by atoms with van der Waals surface area (Å²) in [7, 11) is 0. The molecular weight excluding hydrogens is 284 g/mol. The first-order chi connectivity index (χ1) is 10.5. The molecule has 2 aromatic rings. The van der Waals surface area contributed by atoms with Crippen molar-refractivity contribution in [2.45, 2.75) is 13.8 Å². The van der Waals surface area contributed by atoms with Crippen molar-refractivity contribution in [1.82, 2.24) is 4.57 Å². The van der Waals surface area contributed by atoms with Crippen LogP contribution in [0.25, 0.3) is 10.5 Å². The molecule has 6 heteroatoms. The molecule has 0 aliphatic heterocycles. The zero-order valence-electron chi connectivity index (χ0n) is 12.2. The average molecular weight is 298 g/mol. The van der Waals surface area contributed by atoms with Gasteiger partial charge in [0.2, 0.25) is 11.6 Å². The van der Waals surface area contributed by atoms with Crippen LogP contribution in [0.4, 0.5) is 5.69 Å². The molecule has 0 aliphatic carbocycles. The first-order valence-corrected chi connectivity index (χ1v) is 6.60. The van der Waals surface area contributed by atoms with Crippen molar-refractivity contribution in [2.75, 3.05) is 6.61 Å². The van der Waals surface area contributed by atoms with Crippen molar-refractivity contribution in [1.29, 1.82) is 0 Å². The summed E-state index contributed by atoms with van der Waals surface area (Å²) >= 11 is 0. The number of hydrogen-bond donors (Lipinski definition) is 1. The summed E-state index contributed by atoms with van der Waals surface area (Å²) in [6, 6.07) is 7.30. The van der Waals surface area contributed by atoms with Gasteiger partial charge in [-0.25, -0.2) is 9.64 Å². The van der Waals surface area contributed by atoms with Crippen LogP contribution in [-0.4, -0.2) is 22.2 Å². The molecule has 0 bridgehead atoms. The first-order valence-electron chi connectivity index (χ1n) is 6.60. The minimum atomic E-state index is -0.462. The largest absolute Gasteiger partial charge is 0.502 e. The number of hydrogen-bond acceptors (Lipinski definition) is 4. The van der Waals surface area contributed by atoms with Crippen molar-refractivity contribution < 1.29 is 14.6 Å². The monoisotopic (exact) mass is 298 g/mol. The van der Waals surface area contributed by atoms with E-state index in [4.69, 9.17) is 11.3 Å². The van der Waals surface area contributed by atoms with Gasteiger partial charge in [0, 0.05) is 0 Å². The minimum Gasteiger partial charge on any atom is -0.502 e. The maximum atomic E-state index is 12.1. The third kappa shape index (κ3) is 2.69. The topological polar surface area (TPSA) is 72.9 Å². The van der Waals surface area contributed by atoms with Crippen molar-refractivity contribution in [3.05, 3.63) is 63.2 Å². The summed E-state index contributed by atoms with van der Waals surface area (Å²) in [5.74, 6) is -0.875. The van der Waals surface area contributed by atoms with Crippen LogP contribution in [-0.2, 0) is 4.74 Å². The van der Waals surface area contributed by atoms with Gasteiger partial charge in [0.25, 0.3) is 5.56 Å². The fraction of sp³-hybridized carbons (Fsp3) is 0.188. The van der Waals surface area contributed by atoms with E-state index < -0.39 is 17.4 Å². The van der Waals surface area contributed by atoms with Gasteiger partial charge in [-0.05, 0) is 49.7 Å². The third-order valence-electron chi connectivity index (χ3n) is 3.11. The molecule has 1 aromatic carbocycles. The summed E-state index contributed by atoms with van der Waals surface area (Å²) in [4.78, 5) is 26.9. The van der Waals surface area contributed by atoms with E-state index in [1.165, 1.54) is 30.3 Å². The van der Waals surface area contributed by atoms with Gasteiger partial charge in [-0.2, -0.15) is 0 Å². The number of carbonyl (C=O) groups excluding carboxylic acids is 1. The third-order valence-corrected chi connectivity index (χ3v) is 3.11.